The van der Waals surface area contributed by atoms with Crippen molar-refractivity contribution < 1.29 is 8.78 Å². The summed E-state index contributed by atoms with van der Waals surface area (Å²) in [6.45, 7) is 4.50. The molecule has 2 nitrogen and oxygen atoms in total. The summed E-state index contributed by atoms with van der Waals surface area (Å²) in [6.07, 6.45) is 5.32. The van der Waals surface area contributed by atoms with Gasteiger partial charge in [-0.05, 0) is 68.3 Å². The predicted molar refractivity (Wildman–Crippen MR) is 85.3 cm³/mol. The van der Waals surface area contributed by atoms with Crippen LogP contribution in [0, 0.1) is 23.5 Å². The highest BCUT2D eigenvalue weighted by atomic mass is 19.1. The van der Waals surface area contributed by atoms with E-state index in [1.807, 2.05) is 0 Å². The number of benzene rings is 1. The predicted octanol–water partition coefficient (Wildman–Crippen LogP) is 3.24. The molecule has 1 saturated carbocycles. The van der Waals surface area contributed by atoms with Gasteiger partial charge in [-0.15, -0.1) is 0 Å². The molecule has 1 aromatic carbocycles. The van der Waals surface area contributed by atoms with Crippen LogP contribution in [0.15, 0.2) is 18.2 Å². The zero-order chi connectivity index (χ0) is 15.6. The lowest BCUT2D eigenvalue weighted by Gasteiger charge is -2.51. The van der Waals surface area contributed by atoms with Gasteiger partial charge >= 0.3 is 0 Å². The summed E-state index contributed by atoms with van der Waals surface area (Å²) in [5, 5.41) is 0. The lowest BCUT2D eigenvalue weighted by atomic mass is 9.75. The van der Waals surface area contributed by atoms with E-state index in [-0.39, 0.29) is 5.92 Å². The molecule has 0 aromatic heterocycles. The van der Waals surface area contributed by atoms with Crippen molar-refractivity contribution in [2.24, 2.45) is 11.8 Å². The fourth-order valence-electron chi connectivity index (χ4n) is 5.46. The highest BCUT2D eigenvalue weighted by Crippen LogP contribution is 2.47. The third-order valence-electron chi connectivity index (χ3n) is 6.60. The normalized spacial score (nSPS) is 39.7. The number of likely N-dealkylation sites (tertiary alicyclic amines) is 1. The van der Waals surface area contributed by atoms with Crippen LogP contribution in [0.3, 0.4) is 0 Å². The van der Waals surface area contributed by atoms with E-state index in [1.165, 1.54) is 32.2 Å². The zero-order valence-corrected chi connectivity index (χ0v) is 13.4. The lowest BCUT2D eigenvalue weighted by molar-refractivity contribution is -0.00759. The smallest absolute Gasteiger partial charge is 0.126 e. The largest absolute Gasteiger partial charge is 0.298 e. The summed E-state index contributed by atoms with van der Waals surface area (Å²) in [6, 6.07) is 5.19. The van der Waals surface area contributed by atoms with Crippen molar-refractivity contribution in [3.63, 3.8) is 0 Å². The van der Waals surface area contributed by atoms with Gasteiger partial charge in [0.05, 0.1) is 0 Å². The molecule has 1 aromatic rings. The van der Waals surface area contributed by atoms with Crippen LogP contribution in [-0.4, -0.2) is 48.1 Å². The molecule has 5 aliphatic rings. The Balaban J connectivity index is 1.50. The molecule has 4 heteroatoms. The molecular weight excluding hydrogens is 294 g/mol. The number of piperidine rings is 3. The molecule has 3 atom stereocenters. The highest BCUT2D eigenvalue weighted by Gasteiger charge is 2.53. The third kappa shape index (κ3) is 2.42. The molecule has 1 aliphatic carbocycles. The van der Waals surface area contributed by atoms with Gasteiger partial charge in [0.15, 0.2) is 0 Å². The van der Waals surface area contributed by atoms with Crippen LogP contribution in [0.5, 0.6) is 0 Å². The fraction of sp³-hybridized carbons (Fsp3) is 0.684. The Bertz CT molecular complexity index is 587. The first-order chi connectivity index (χ1) is 11.2. The molecule has 4 heterocycles. The van der Waals surface area contributed by atoms with Crippen molar-refractivity contribution in [2.45, 2.75) is 43.7 Å². The van der Waals surface area contributed by atoms with Crippen LogP contribution in [0.1, 0.15) is 37.2 Å². The van der Waals surface area contributed by atoms with Gasteiger partial charge in [0.2, 0.25) is 0 Å². The summed E-state index contributed by atoms with van der Waals surface area (Å²) in [5.41, 5.74) is 0.864. The SMILES string of the molecule is Fc1cc(F)cc([C@@H]2CN(CC3CC3)[C@@H]3C4CCN(CC4)[C@@H]32)c1. The number of halogens is 2. The van der Waals surface area contributed by atoms with E-state index in [0.29, 0.717) is 12.1 Å². The Kier molecular flexibility index (Phi) is 3.28. The first-order valence-corrected chi connectivity index (χ1v) is 9.13. The second-order valence-electron chi connectivity index (χ2n) is 8.06. The molecule has 0 amide bonds. The van der Waals surface area contributed by atoms with Crippen molar-refractivity contribution in [3.05, 3.63) is 35.4 Å². The third-order valence-corrected chi connectivity index (χ3v) is 6.60. The monoisotopic (exact) mass is 318 g/mol. The summed E-state index contributed by atoms with van der Waals surface area (Å²) < 4.78 is 27.5. The van der Waals surface area contributed by atoms with E-state index in [1.54, 1.807) is 12.1 Å². The topological polar surface area (TPSA) is 6.48 Å². The molecule has 0 spiro atoms. The van der Waals surface area contributed by atoms with Crippen LogP contribution < -0.4 is 0 Å². The minimum Gasteiger partial charge on any atom is -0.298 e. The van der Waals surface area contributed by atoms with Gasteiger partial charge in [-0.2, -0.15) is 0 Å². The number of hydrogen-bond donors (Lipinski definition) is 0. The Morgan fingerprint density at radius 2 is 1.61 bits per heavy atom. The molecule has 0 N–H and O–H groups in total. The maximum Gasteiger partial charge on any atom is 0.126 e. The van der Waals surface area contributed by atoms with E-state index in [4.69, 9.17) is 0 Å². The first kappa shape index (κ1) is 14.4. The average molecular weight is 318 g/mol. The summed E-state index contributed by atoms with van der Waals surface area (Å²) in [7, 11) is 0. The van der Waals surface area contributed by atoms with E-state index < -0.39 is 11.6 Å². The summed E-state index contributed by atoms with van der Waals surface area (Å²) in [5.74, 6) is 1.04. The standard InChI is InChI=1S/C19H24F2N2/c20-15-7-14(8-16(21)9-15)17-11-23(10-12-1-2-12)18-13-3-5-22(6-4-13)19(17)18/h7-9,12-13,17-19H,1-6,10-11H2/t17-,18+,19+/m0/s1. The zero-order valence-electron chi connectivity index (χ0n) is 13.4. The van der Waals surface area contributed by atoms with E-state index in [0.717, 1.165) is 43.1 Å². The van der Waals surface area contributed by atoms with Gasteiger partial charge in [0.25, 0.3) is 0 Å². The lowest BCUT2D eigenvalue weighted by Crippen LogP contribution is -2.60. The molecule has 5 fully saturated rings. The second-order valence-corrected chi connectivity index (χ2v) is 8.06. The number of rotatable bonds is 3. The Morgan fingerprint density at radius 3 is 2.26 bits per heavy atom. The molecule has 4 aliphatic heterocycles. The highest BCUT2D eigenvalue weighted by molar-refractivity contribution is 5.28. The molecule has 0 radical (unpaired) electrons. The van der Waals surface area contributed by atoms with Crippen LogP contribution in [0.2, 0.25) is 0 Å². The van der Waals surface area contributed by atoms with Crippen molar-refractivity contribution in [2.75, 3.05) is 26.2 Å². The quantitative estimate of drug-likeness (QED) is 0.844. The minimum absolute atomic E-state index is 0.257. The van der Waals surface area contributed by atoms with E-state index in [9.17, 15) is 8.78 Å². The van der Waals surface area contributed by atoms with Gasteiger partial charge in [-0.1, -0.05) is 0 Å². The Hall–Kier alpha value is -1.00. The first-order valence-electron chi connectivity index (χ1n) is 9.13. The maximum absolute atomic E-state index is 13.7. The van der Waals surface area contributed by atoms with E-state index in [2.05, 4.69) is 9.80 Å². The van der Waals surface area contributed by atoms with Crippen LogP contribution in [0.4, 0.5) is 8.78 Å². The van der Waals surface area contributed by atoms with Gasteiger partial charge < -0.3 is 0 Å². The molecule has 124 valence electrons. The van der Waals surface area contributed by atoms with Gasteiger partial charge in [0, 0.05) is 37.2 Å². The van der Waals surface area contributed by atoms with E-state index >= 15 is 0 Å². The second kappa shape index (κ2) is 5.25. The molecule has 4 saturated heterocycles. The maximum atomic E-state index is 13.7. The number of nitrogens with zero attached hydrogens (tertiary/aromatic N) is 2. The Morgan fingerprint density at radius 1 is 0.913 bits per heavy atom. The van der Waals surface area contributed by atoms with Crippen molar-refractivity contribution >= 4 is 0 Å². The van der Waals surface area contributed by atoms with Crippen molar-refractivity contribution in [1.29, 1.82) is 0 Å². The molecule has 0 unspecified atom stereocenters. The van der Waals surface area contributed by atoms with Crippen molar-refractivity contribution in [1.82, 2.24) is 9.80 Å². The molecule has 23 heavy (non-hydrogen) atoms. The van der Waals surface area contributed by atoms with Gasteiger partial charge in [-0.3, -0.25) is 9.80 Å². The average Bonchev–Trinajstić information content (AvgIpc) is 3.26. The van der Waals surface area contributed by atoms with Crippen LogP contribution >= 0.6 is 0 Å². The van der Waals surface area contributed by atoms with Crippen LogP contribution in [0.25, 0.3) is 0 Å². The van der Waals surface area contributed by atoms with Gasteiger partial charge in [-0.25, -0.2) is 8.78 Å². The summed E-state index contributed by atoms with van der Waals surface area (Å²) in [4.78, 5) is 5.27. The van der Waals surface area contributed by atoms with Crippen molar-refractivity contribution in [3.8, 4) is 0 Å². The summed E-state index contributed by atoms with van der Waals surface area (Å²) >= 11 is 0. The fourth-order valence-corrected chi connectivity index (χ4v) is 5.46. The Labute approximate surface area is 136 Å². The van der Waals surface area contributed by atoms with Crippen LogP contribution in [-0.2, 0) is 0 Å². The minimum atomic E-state index is -0.437. The number of hydrogen-bond acceptors (Lipinski definition) is 2. The molecule has 6 rings (SSSR count). The molecular formula is C19H24F2N2. The van der Waals surface area contributed by atoms with Gasteiger partial charge in [0.1, 0.15) is 11.6 Å². The number of fused-ring (bicyclic) bond motifs is 2. The molecule has 2 bridgehead atoms.